The maximum absolute atomic E-state index is 12.0. The van der Waals surface area contributed by atoms with Crippen LogP contribution in [0.5, 0.6) is 0 Å². The molecule has 1 saturated carbocycles. The third kappa shape index (κ3) is 9.86. The quantitative estimate of drug-likeness (QED) is 0.632. The standard InChI is InChI=1S/C17H31NO3.C7H9NO2S/c1-17(2,3)21-16(19)18-11-9-14(10-12-18)13-20-15-7-5-4-6-8-15;1-6-4-3-5-7(8-6)11(2,9)10/h14-15H,4-13H2,1-3H3;3-5H,1-2H3. The molecule has 182 valence electrons. The molecule has 1 aromatic heterocycles. The lowest BCUT2D eigenvalue weighted by Gasteiger charge is -2.34. The highest BCUT2D eigenvalue weighted by atomic mass is 32.2. The van der Waals surface area contributed by atoms with Crippen molar-refractivity contribution < 1.29 is 22.7 Å². The first-order chi connectivity index (χ1) is 14.9. The molecule has 2 aliphatic rings. The van der Waals surface area contributed by atoms with Gasteiger partial charge in [-0.2, -0.15) is 0 Å². The van der Waals surface area contributed by atoms with Crippen LogP contribution in [0.4, 0.5) is 4.79 Å². The molecule has 0 N–H and O–H groups in total. The molecule has 7 nitrogen and oxygen atoms in total. The van der Waals surface area contributed by atoms with Gasteiger partial charge in [0.15, 0.2) is 14.9 Å². The second-order valence-electron chi connectivity index (χ2n) is 9.89. The molecule has 0 unspecified atom stereocenters. The SMILES string of the molecule is CC(C)(C)OC(=O)N1CCC(COC2CCCCC2)CC1.Cc1cccc(S(C)(=O)=O)n1. The van der Waals surface area contributed by atoms with Crippen molar-refractivity contribution in [2.45, 2.75) is 89.4 Å². The van der Waals surface area contributed by atoms with Gasteiger partial charge in [0.05, 0.1) is 6.10 Å². The smallest absolute Gasteiger partial charge is 0.410 e. The van der Waals surface area contributed by atoms with Gasteiger partial charge in [0.1, 0.15) is 5.60 Å². The Morgan fingerprint density at radius 2 is 1.72 bits per heavy atom. The van der Waals surface area contributed by atoms with E-state index >= 15 is 0 Å². The van der Waals surface area contributed by atoms with Gasteiger partial charge in [-0.1, -0.05) is 25.3 Å². The van der Waals surface area contributed by atoms with E-state index in [2.05, 4.69) is 4.98 Å². The molecule has 2 heterocycles. The summed E-state index contributed by atoms with van der Waals surface area (Å²) in [5, 5.41) is 0.137. The van der Waals surface area contributed by atoms with Crippen LogP contribution in [0.2, 0.25) is 0 Å². The third-order valence-corrected chi connectivity index (χ3v) is 6.62. The number of rotatable bonds is 4. The number of hydrogen-bond donors (Lipinski definition) is 0. The number of likely N-dealkylation sites (tertiary alicyclic amines) is 1. The molecule has 3 rings (SSSR count). The fourth-order valence-corrected chi connectivity index (χ4v) is 4.47. The molecule has 32 heavy (non-hydrogen) atoms. The van der Waals surface area contributed by atoms with Crippen molar-refractivity contribution in [1.29, 1.82) is 0 Å². The van der Waals surface area contributed by atoms with Gasteiger partial charge in [-0.25, -0.2) is 18.2 Å². The van der Waals surface area contributed by atoms with E-state index in [0.29, 0.717) is 17.7 Å². The van der Waals surface area contributed by atoms with Crippen LogP contribution < -0.4 is 0 Å². The molecule has 1 aliphatic carbocycles. The first-order valence-electron chi connectivity index (χ1n) is 11.7. The Labute approximate surface area is 193 Å². The van der Waals surface area contributed by atoms with Crippen LogP contribution in [-0.2, 0) is 19.3 Å². The largest absolute Gasteiger partial charge is 0.444 e. The highest BCUT2D eigenvalue weighted by molar-refractivity contribution is 7.90. The lowest BCUT2D eigenvalue weighted by atomic mass is 9.96. The normalized spacial score (nSPS) is 18.6. The number of carbonyl (C=O) groups is 1. The highest BCUT2D eigenvalue weighted by Gasteiger charge is 2.27. The number of piperidine rings is 1. The molecule has 0 atom stereocenters. The van der Waals surface area contributed by atoms with Crippen molar-refractivity contribution >= 4 is 15.9 Å². The van der Waals surface area contributed by atoms with Gasteiger partial charge in [-0.05, 0) is 71.4 Å². The van der Waals surface area contributed by atoms with Crippen LogP contribution >= 0.6 is 0 Å². The average Bonchev–Trinajstić information content (AvgIpc) is 2.72. The first kappa shape index (κ1) is 26.6. The Morgan fingerprint density at radius 3 is 2.22 bits per heavy atom. The average molecular weight is 469 g/mol. The monoisotopic (exact) mass is 468 g/mol. The minimum absolute atomic E-state index is 0.137. The van der Waals surface area contributed by atoms with Gasteiger partial charge in [0, 0.05) is 31.6 Å². The minimum Gasteiger partial charge on any atom is -0.444 e. The fraction of sp³-hybridized carbons (Fsp3) is 0.750. The van der Waals surface area contributed by atoms with E-state index in [4.69, 9.17) is 9.47 Å². The van der Waals surface area contributed by atoms with Crippen LogP contribution in [0.15, 0.2) is 23.2 Å². The van der Waals surface area contributed by atoms with E-state index in [1.807, 2.05) is 25.7 Å². The van der Waals surface area contributed by atoms with Crippen molar-refractivity contribution in [1.82, 2.24) is 9.88 Å². The number of sulfone groups is 1. The predicted octanol–water partition coefficient (Wildman–Crippen LogP) is 4.78. The zero-order valence-electron chi connectivity index (χ0n) is 20.3. The second kappa shape index (κ2) is 12.0. The molecule has 0 radical (unpaired) electrons. The molecule has 1 aromatic rings. The van der Waals surface area contributed by atoms with Gasteiger partial charge < -0.3 is 14.4 Å². The zero-order valence-corrected chi connectivity index (χ0v) is 21.1. The van der Waals surface area contributed by atoms with E-state index in [1.165, 1.54) is 38.2 Å². The summed E-state index contributed by atoms with van der Waals surface area (Å²) >= 11 is 0. The van der Waals surface area contributed by atoms with Crippen LogP contribution in [0.25, 0.3) is 0 Å². The number of amides is 1. The molecule has 0 aromatic carbocycles. The Hall–Kier alpha value is -1.67. The van der Waals surface area contributed by atoms with Gasteiger partial charge in [0.2, 0.25) is 0 Å². The van der Waals surface area contributed by atoms with Crippen molar-refractivity contribution in [2.24, 2.45) is 5.92 Å². The van der Waals surface area contributed by atoms with Crippen LogP contribution in [0, 0.1) is 12.8 Å². The Bertz CT molecular complexity index is 821. The van der Waals surface area contributed by atoms with E-state index in [-0.39, 0.29) is 11.1 Å². The molecule has 0 spiro atoms. The Balaban J connectivity index is 0.000000278. The maximum atomic E-state index is 12.0. The van der Waals surface area contributed by atoms with E-state index in [1.54, 1.807) is 19.1 Å². The first-order valence-corrected chi connectivity index (χ1v) is 13.6. The maximum Gasteiger partial charge on any atom is 0.410 e. The van der Waals surface area contributed by atoms with Gasteiger partial charge in [-0.3, -0.25) is 0 Å². The van der Waals surface area contributed by atoms with Crippen molar-refractivity contribution in [3.63, 3.8) is 0 Å². The summed E-state index contributed by atoms with van der Waals surface area (Å²) < 4.78 is 33.3. The number of hydrogen-bond acceptors (Lipinski definition) is 6. The number of nitrogens with zero attached hydrogens (tertiary/aromatic N) is 2. The number of aryl methyl sites for hydroxylation is 1. The van der Waals surface area contributed by atoms with Crippen molar-refractivity contribution in [3.05, 3.63) is 23.9 Å². The fourth-order valence-electron chi connectivity index (χ4n) is 3.84. The molecular weight excluding hydrogens is 428 g/mol. The summed E-state index contributed by atoms with van der Waals surface area (Å²) in [7, 11) is -3.14. The van der Waals surface area contributed by atoms with Crippen LogP contribution in [0.1, 0.15) is 71.4 Å². The van der Waals surface area contributed by atoms with Crippen molar-refractivity contribution in [3.8, 4) is 0 Å². The van der Waals surface area contributed by atoms with Gasteiger partial charge in [-0.15, -0.1) is 0 Å². The molecular formula is C24H40N2O5S. The van der Waals surface area contributed by atoms with Gasteiger partial charge >= 0.3 is 6.09 Å². The lowest BCUT2D eigenvalue weighted by molar-refractivity contribution is -0.0125. The Kier molecular flexibility index (Phi) is 9.95. The summed E-state index contributed by atoms with van der Waals surface area (Å²) in [6.45, 7) is 9.96. The van der Waals surface area contributed by atoms with E-state index in [9.17, 15) is 13.2 Å². The summed E-state index contributed by atoms with van der Waals surface area (Å²) in [5.41, 5.74) is 0.311. The number of carbonyl (C=O) groups excluding carboxylic acids is 1. The minimum atomic E-state index is -3.14. The zero-order chi connectivity index (χ0) is 23.8. The highest BCUT2D eigenvalue weighted by Crippen LogP contribution is 2.24. The molecule has 1 amide bonds. The number of ether oxygens (including phenoxy) is 2. The lowest BCUT2D eigenvalue weighted by Crippen LogP contribution is -2.42. The summed E-state index contributed by atoms with van der Waals surface area (Å²) in [4.78, 5) is 17.7. The van der Waals surface area contributed by atoms with Crippen molar-refractivity contribution in [2.75, 3.05) is 26.0 Å². The topological polar surface area (TPSA) is 85.8 Å². The molecule has 8 heteroatoms. The second-order valence-corrected chi connectivity index (χ2v) is 11.9. The van der Waals surface area contributed by atoms with Gasteiger partial charge in [0.25, 0.3) is 0 Å². The molecule has 1 aliphatic heterocycles. The van der Waals surface area contributed by atoms with E-state index in [0.717, 1.165) is 38.8 Å². The number of aromatic nitrogens is 1. The summed E-state index contributed by atoms with van der Waals surface area (Å²) in [5.74, 6) is 0.602. The van der Waals surface area contributed by atoms with Crippen LogP contribution in [0.3, 0.4) is 0 Å². The molecule has 1 saturated heterocycles. The third-order valence-electron chi connectivity index (χ3n) is 5.63. The Morgan fingerprint density at radius 1 is 1.09 bits per heavy atom. The summed E-state index contributed by atoms with van der Waals surface area (Å²) in [6, 6.07) is 4.93. The van der Waals surface area contributed by atoms with Crippen LogP contribution in [-0.4, -0.2) is 62.1 Å². The number of pyridine rings is 1. The summed E-state index contributed by atoms with van der Waals surface area (Å²) in [6.07, 6.45) is 10.0. The molecule has 0 bridgehead atoms. The predicted molar refractivity (Wildman–Crippen MR) is 125 cm³/mol. The molecule has 2 fully saturated rings. The van der Waals surface area contributed by atoms with E-state index < -0.39 is 15.4 Å².